The molecule has 2 rings (SSSR count). The third-order valence-electron chi connectivity index (χ3n) is 2.96. The van der Waals surface area contributed by atoms with Crippen LogP contribution in [0.1, 0.15) is 41.8 Å². The van der Waals surface area contributed by atoms with Gasteiger partial charge in [0.1, 0.15) is 17.3 Å². The first-order valence-corrected chi connectivity index (χ1v) is 6.83. The van der Waals surface area contributed by atoms with Crippen molar-refractivity contribution in [2.24, 2.45) is 0 Å². The van der Waals surface area contributed by atoms with Crippen molar-refractivity contribution in [3.05, 3.63) is 46.5 Å². The number of aldehydes is 1. The molecule has 0 bridgehead atoms. The van der Waals surface area contributed by atoms with Gasteiger partial charge in [0.25, 0.3) is 0 Å². The second kappa shape index (κ2) is 6.61. The number of unbranched alkanes of at least 4 members (excludes halogenated alkanes) is 1. The molecule has 0 aliphatic rings. The molecule has 0 amide bonds. The summed E-state index contributed by atoms with van der Waals surface area (Å²) in [5.41, 5.74) is 0.632. The normalized spacial score (nSPS) is 10.8. The third-order valence-corrected chi connectivity index (χ3v) is 3.16. The summed E-state index contributed by atoms with van der Waals surface area (Å²) in [6.45, 7) is 2.32. The lowest BCUT2D eigenvalue weighted by molar-refractivity contribution is 0.111. The van der Waals surface area contributed by atoms with Gasteiger partial charge in [-0.2, -0.15) is 0 Å². The van der Waals surface area contributed by atoms with E-state index < -0.39 is 5.82 Å². The second-order valence-corrected chi connectivity index (χ2v) is 4.95. The van der Waals surface area contributed by atoms with Crippen LogP contribution in [0.4, 0.5) is 4.39 Å². The lowest BCUT2D eigenvalue weighted by Crippen LogP contribution is -2.07. The van der Waals surface area contributed by atoms with E-state index in [0.717, 1.165) is 25.1 Å². The minimum absolute atomic E-state index is 0.239. The number of aryl methyl sites for hydroxylation is 1. The van der Waals surface area contributed by atoms with Gasteiger partial charge < -0.3 is 4.57 Å². The van der Waals surface area contributed by atoms with Gasteiger partial charge in [0.2, 0.25) is 0 Å². The van der Waals surface area contributed by atoms with Crippen LogP contribution in [-0.4, -0.2) is 20.8 Å². The number of carbonyl (C=O) groups excluding carboxylic acids is 1. The number of nitrogens with zero attached hydrogens (tertiary/aromatic N) is 3. The van der Waals surface area contributed by atoms with Gasteiger partial charge >= 0.3 is 0 Å². The maximum Gasteiger partial charge on any atom is 0.170 e. The Bertz CT molecular complexity index is 612. The molecule has 0 aliphatic heterocycles. The van der Waals surface area contributed by atoms with Crippen LogP contribution in [0.5, 0.6) is 0 Å². The van der Waals surface area contributed by atoms with Gasteiger partial charge in [0.05, 0.1) is 17.3 Å². The molecule has 0 spiro atoms. The van der Waals surface area contributed by atoms with Crippen LogP contribution in [0, 0.1) is 5.82 Å². The predicted molar refractivity (Wildman–Crippen MR) is 74.5 cm³/mol. The van der Waals surface area contributed by atoms with Crippen molar-refractivity contribution in [1.82, 2.24) is 14.5 Å². The Hall–Kier alpha value is -1.75. The molecule has 0 aliphatic carbocycles. The van der Waals surface area contributed by atoms with Crippen LogP contribution < -0.4 is 0 Å². The van der Waals surface area contributed by atoms with Crippen molar-refractivity contribution in [2.75, 3.05) is 0 Å². The molecule has 6 heteroatoms. The second-order valence-electron chi connectivity index (χ2n) is 4.51. The number of hydrogen-bond donors (Lipinski definition) is 0. The van der Waals surface area contributed by atoms with Gasteiger partial charge in [-0.3, -0.25) is 9.78 Å². The molecule has 2 heterocycles. The SMILES string of the molecule is CCCCc1nc(C=O)cn1Cc1ncc(Cl)cc1F. The summed E-state index contributed by atoms with van der Waals surface area (Å²) >= 11 is 5.68. The highest BCUT2D eigenvalue weighted by atomic mass is 35.5. The first-order valence-electron chi connectivity index (χ1n) is 6.45. The average Bonchev–Trinajstić information content (AvgIpc) is 2.82. The van der Waals surface area contributed by atoms with Gasteiger partial charge in [-0.1, -0.05) is 24.9 Å². The Morgan fingerprint density at radius 2 is 2.30 bits per heavy atom. The van der Waals surface area contributed by atoms with E-state index in [-0.39, 0.29) is 17.3 Å². The fourth-order valence-corrected chi connectivity index (χ4v) is 2.07. The van der Waals surface area contributed by atoms with E-state index in [1.54, 1.807) is 10.8 Å². The standard InChI is InChI=1S/C14H15ClFN3O/c1-2-3-4-14-18-11(9-20)7-19(14)8-13-12(16)5-10(15)6-17-13/h5-7,9H,2-4,8H2,1H3. The Balaban J connectivity index is 2.26. The number of carbonyl (C=O) groups is 1. The maximum atomic E-state index is 13.8. The fraction of sp³-hybridized carbons (Fsp3) is 0.357. The molecule has 0 fully saturated rings. The van der Waals surface area contributed by atoms with Crippen LogP contribution in [-0.2, 0) is 13.0 Å². The molecule has 20 heavy (non-hydrogen) atoms. The summed E-state index contributed by atoms with van der Waals surface area (Å²) < 4.78 is 15.5. The summed E-state index contributed by atoms with van der Waals surface area (Å²) in [6.07, 6.45) is 6.46. The molecule has 2 aromatic heterocycles. The van der Waals surface area contributed by atoms with Gasteiger partial charge in [-0.05, 0) is 12.5 Å². The van der Waals surface area contributed by atoms with E-state index in [0.29, 0.717) is 12.0 Å². The zero-order chi connectivity index (χ0) is 14.5. The van der Waals surface area contributed by atoms with E-state index in [4.69, 9.17) is 11.6 Å². The molecule has 106 valence electrons. The molecule has 0 atom stereocenters. The average molecular weight is 296 g/mol. The summed E-state index contributed by atoms with van der Waals surface area (Å²) in [7, 11) is 0. The molecule has 0 N–H and O–H groups in total. The molecule has 4 nitrogen and oxygen atoms in total. The Morgan fingerprint density at radius 3 is 2.95 bits per heavy atom. The lowest BCUT2D eigenvalue weighted by atomic mass is 10.2. The molecule has 0 radical (unpaired) electrons. The number of imidazole rings is 1. The number of rotatable bonds is 6. The molecule has 0 unspecified atom stereocenters. The highest BCUT2D eigenvalue weighted by Crippen LogP contribution is 2.14. The smallest absolute Gasteiger partial charge is 0.170 e. The Labute approximate surface area is 121 Å². The van der Waals surface area contributed by atoms with Crippen molar-refractivity contribution in [3.8, 4) is 0 Å². The summed E-state index contributed by atoms with van der Waals surface area (Å²) in [5.74, 6) is 0.311. The van der Waals surface area contributed by atoms with E-state index >= 15 is 0 Å². The molecular weight excluding hydrogens is 281 g/mol. The van der Waals surface area contributed by atoms with Gasteiger partial charge in [-0.15, -0.1) is 0 Å². The van der Waals surface area contributed by atoms with Gasteiger partial charge in [-0.25, -0.2) is 9.37 Å². The van der Waals surface area contributed by atoms with Crippen LogP contribution >= 0.6 is 11.6 Å². The molecule has 0 saturated carbocycles. The van der Waals surface area contributed by atoms with Crippen molar-refractivity contribution < 1.29 is 9.18 Å². The zero-order valence-electron chi connectivity index (χ0n) is 11.1. The first-order chi connectivity index (χ1) is 9.63. The van der Waals surface area contributed by atoms with Gasteiger partial charge in [0.15, 0.2) is 6.29 Å². The summed E-state index contributed by atoms with van der Waals surface area (Å²) in [6, 6.07) is 1.23. The number of halogens is 2. The fourth-order valence-electron chi connectivity index (χ4n) is 1.92. The Kier molecular flexibility index (Phi) is 4.84. The monoisotopic (exact) mass is 295 g/mol. The van der Waals surface area contributed by atoms with Crippen molar-refractivity contribution in [2.45, 2.75) is 32.7 Å². The largest absolute Gasteiger partial charge is 0.328 e. The van der Waals surface area contributed by atoms with Crippen molar-refractivity contribution >= 4 is 17.9 Å². The van der Waals surface area contributed by atoms with E-state index in [9.17, 15) is 9.18 Å². The van der Waals surface area contributed by atoms with Crippen LogP contribution in [0.15, 0.2) is 18.5 Å². The van der Waals surface area contributed by atoms with E-state index in [2.05, 4.69) is 16.9 Å². The molecule has 0 saturated heterocycles. The quantitative estimate of drug-likeness (QED) is 0.768. The molecular formula is C14H15ClFN3O. The highest BCUT2D eigenvalue weighted by molar-refractivity contribution is 6.30. The number of hydrogen-bond acceptors (Lipinski definition) is 3. The number of pyridine rings is 1. The molecule has 0 aromatic carbocycles. The minimum atomic E-state index is -0.458. The Morgan fingerprint density at radius 1 is 1.50 bits per heavy atom. The van der Waals surface area contributed by atoms with E-state index in [1.165, 1.54) is 12.3 Å². The highest BCUT2D eigenvalue weighted by Gasteiger charge is 2.11. The minimum Gasteiger partial charge on any atom is -0.328 e. The van der Waals surface area contributed by atoms with Gasteiger partial charge in [0, 0.05) is 18.8 Å². The van der Waals surface area contributed by atoms with Crippen LogP contribution in [0.3, 0.4) is 0 Å². The van der Waals surface area contributed by atoms with Crippen molar-refractivity contribution in [1.29, 1.82) is 0 Å². The summed E-state index contributed by atoms with van der Waals surface area (Å²) in [5, 5.41) is 0.261. The lowest BCUT2D eigenvalue weighted by Gasteiger charge is -2.07. The topological polar surface area (TPSA) is 47.8 Å². The van der Waals surface area contributed by atoms with Crippen LogP contribution in [0.25, 0.3) is 0 Å². The molecule has 2 aromatic rings. The summed E-state index contributed by atoms with van der Waals surface area (Å²) in [4.78, 5) is 19.0. The van der Waals surface area contributed by atoms with E-state index in [1.807, 2.05) is 0 Å². The maximum absolute atomic E-state index is 13.8. The first kappa shape index (κ1) is 14.7. The predicted octanol–water partition coefficient (Wildman–Crippen LogP) is 3.27. The van der Waals surface area contributed by atoms with Crippen molar-refractivity contribution in [3.63, 3.8) is 0 Å². The number of aromatic nitrogens is 3. The zero-order valence-corrected chi connectivity index (χ0v) is 11.9. The van der Waals surface area contributed by atoms with Crippen LogP contribution in [0.2, 0.25) is 5.02 Å². The third kappa shape index (κ3) is 3.42.